The molecule has 4 rings (SSSR count). The Labute approximate surface area is 136 Å². The first-order valence-electron chi connectivity index (χ1n) is 7.65. The lowest BCUT2D eigenvalue weighted by atomic mass is 10.1. The van der Waals surface area contributed by atoms with Crippen molar-refractivity contribution in [1.29, 1.82) is 0 Å². The van der Waals surface area contributed by atoms with E-state index in [9.17, 15) is 9.59 Å². The molecular formula is C17H17N5O2. The molecule has 3 heterocycles. The van der Waals surface area contributed by atoms with Crippen molar-refractivity contribution >= 4 is 16.9 Å². The fourth-order valence-electron chi connectivity index (χ4n) is 3.23. The summed E-state index contributed by atoms with van der Waals surface area (Å²) >= 11 is 0. The number of H-pyrrole nitrogens is 1. The minimum atomic E-state index is -0.469. The van der Waals surface area contributed by atoms with Crippen molar-refractivity contribution in [1.82, 2.24) is 23.5 Å². The molecule has 24 heavy (non-hydrogen) atoms. The van der Waals surface area contributed by atoms with Crippen molar-refractivity contribution in [2.75, 3.05) is 0 Å². The zero-order chi connectivity index (χ0) is 17.2. The summed E-state index contributed by atoms with van der Waals surface area (Å²) in [6, 6.07) is 6.19. The Balaban J connectivity index is 2.18. The third-order valence-electron chi connectivity index (χ3n) is 4.39. The van der Waals surface area contributed by atoms with E-state index in [4.69, 9.17) is 0 Å². The number of fused-ring (bicyclic) bond motifs is 3. The average molecular weight is 323 g/mol. The molecule has 4 aromatic rings. The van der Waals surface area contributed by atoms with Crippen LogP contribution in [0.25, 0.3) is 22.6 Å². The lowest BCUT2D eigenvalue weighted by molar-refractivity contribution is 0.831. The van der Waals surface area contributed by atoms with Crippen molar-refractivity contribution in [3.8, 4) is 5.69 Å². The van der Waals surface area contributed by atoms with Crippen LogP contribution in [0.3, 0.4) is 0 Å². The normalized spacial score (nSPS) is 11.7. The summed E-state index contributed by atoms with van der Waals surface area (Å²) in [4.78, 5) is 31.0. The molecule has 0 fully saturated rings. The molecule has 0 spiro atoms. The van der Waals surface area contributed by atoms with Gasteiger partial charge in [-0.15, -0.1) is 0 Å². The number of hydrogen-bond donors (Lipinski definition) is 1. The molecule has 1 aromatic carbocycles. The van der Waals surface area contributed by atoms with Gasteiger partial charge in [-0.3, -0.25) is 23.3 Å². The number of rotatable bonds is 1. The number of hydrogen-bond acceptors (Lipinski definition) is 3. The smallest absolute Gasteiger partial charge is 0.283 e. The molecule has 7 heteroatoms. The summed E-state index contributed by atoms with van der Waals surface area (Å²) in [5.41, 5.74) is 4.11. The summed E-state index contributed by atoms with van der Waals surface area (Å²) in [6.45, 7) is 6.06. The van der Waals surface area contributed by atoms with E-state index in [1.807, 2.05) is 43.7 Å². The van der Waals surface area contributed by atoms with Crippen LogP contribution in [0.2, 0.25) is 0 Å². The summed E-state index contributed by atoms with van der Waals surface area (Å²) in [7, 11) is 1.60. The van der Waals surface area contributed by atoms with Crippen LogP contribution in [-0.4, -0.2) is 23.5 Å². The predicted octanol–water partition coefficient (Wildman–Crippen LogP) is 1.59. The third-order valence-corrected chi connectivity index (χ3v) is 4.39. The molecule has 0 aliphatic carbocycles. The van der Waals surface area contributed by atoms with Gasteiger partial charge in [0.05, 0.1) is 5.69 Å². The first-order chi connectivity index (χ1) is 11.4. The molecule has 0 unspecified atom stereocenters. The van der Waals surface area contributed by atoms with Gasteiger partial charge in [-0.05, 0) is 32.4 Å². The van der Waals surface area contributed by atoms with E-state index < -0.39 is 11.2 Å². The van der Waals surface area contributed by atoms with Gasteiger partial charge in [0.2, 0.25) is 5.78 Å². The maximum atomic E-state index is 12.3. The van der Waals surface area contributed by atoms with E-state index in [1.54, 1.807) is 11.4 Å². The molecule has 0 atom stereocenters. The van der Waals surface area contributed by atoms with Crippen LogP contribution < -0.4 is 11.2 Å². The molecule has 0 aliphatic rings. The van der Waals surface area contributed by atoms with Crippen LogP contribution in [0.5, 0.6) is 0 Å². The molecule has 3 aromatic heterocycles. The molecule has 7 nitrogen and oxygen atoms in total. The largest absolute Gasteiger partial charge is 0.329 e. The van der Waals surface area contributed by atoms with Crippen molar-refractivity contribution in [3.63, 3.8) is 0 Å². The van der Waals surface area contributed by atoms with Gasteiger partial charge in [0.15, 0.2) is 11.2 Å². The molecular weight excluding hydrogens is 306 g/mol. The van der Waals surface area contributed by atoms with Crippen LogP contribution in [0, 0.1) is 20.8 Å². The Morgan fingerprint density at radius 2 is 1.88 bits per heavy atom. The number of nitrogens with zero attached hydrogens (tertiary/aromatic N) is 4. The summed E-state index contributed by atoms with van der Waals surface area (Å²) < 4.78 is 5.09. The predicted molar refractivity (Wildman–Crippen MR) is 92.1 cm³/mol. The average Bonchev–Trinajstić information content (AvgIpc) is 3.01. The van der Waals surface area contributed by atoms with E-state index in [1.165, 1.54) is 10.1 Å². The number of aryl methyl sites for hydroxylation is 4. The summed E-state index contributed by atoms with van der Waals surface area (Å²) in [6.07, 6.45) is 1.86. The summed E-state index contributed by atoms with van der Waals surface area (Å²) in [5.74, 6) is 0.612. The fraction of sp³-hybridized carbons (Fsp3) is 0.235. The van der Waals surface area contributed by atoms with Gasteiger partial charge in [-0.25, -0.2) is 4.79 Å². The monoisotopic (exact) mass is 323 g/mol. The number of nitrogens with one attached hydrogen (secondary N) is 1. The van der Waals surface area contributed by atoms with Crippen molar-refractivity contribution in [3.05, 3.63) is 62.1 Å². The highest BCUT2D eigenvalue weighted by molar-refractivity contribution is 5.76. The molecule has 0 saturated carbocycles. The highest BCUT2D eigenvalue weighted by Crippen LogP contribution is 2.23. The number of imidazole rings is 2. The number of aromatic nitrogens is 5. The first-order valence-corrected chi connectivity index (χ1v) is 7.65. The lowest BCUT2D eigenvalue weighted by Crippen LogP contribution is -2.28. The minimum Gasteiger partial charge on any atom is -0.283 e. The number of aromatic amines is 1. The third kappa shape index (κ3) is 1.81. The van der Waals surface area contributed by atoms with E-state index >= 15 is 0 Å². The highest BCUT2D eigenvalue weighted by Gasteiger charge is 2.18. The lowest BCUT2D eigenvalue weighted by Gasteiger charge is -2.10. The van der Waals surface area contributed by atoms with Gasteiger partial charge in [0.25, 0.3) is 5.56 Å². The zero-order valence-electron chi connectivity index (χ0n) is 13.9. The Morgan fingerprint density at radius 3 is 2.58 bits per heavy atom. The molecule has 0 amide bonds. The maximum Gasteiger partial charge on any atom is 0.329 e. The maximum absolute atomic E-state index is 12.3. The van der Waals surface area contributed by atoms with Crippen LogP contribution in [0.1, 0.15) is 16.8 Å². The molecule has 1 N–H and O–H groups in total. The van der Waals surface area contributed by atoms with Crippen molar-refractivity contribution < 1.29 is 0 Å². The fourth-order valence-corrected chi connectivity index (χ4v) is 3.23. The minimum absolute atomic E-state index is 0.372. The topological polar surface area (TPSA) is 77.1 Å². The van der Waals surface area contributed by atoms with Crippen LogP contribution in [0.15, 0.2) is 34.0 Å². The van der Waals surface area contributed by atoms with Crippen LogP contribution >= 0.6 is 0 Å². The van der Waals surface area contributed by atoms with E-state index in [0.717, 1.165) is 16.9 Å². The van der Waals surface area contributed by atoms with E-state index in [-0.39, 0.29) is 0 Å². The second-order valence-electron chi connectivity index (χ2n) is 6.17. The molecule has 0 saturated heterocycles. The molecule has 0 radical (unpaired) electrons. The SMILES string of the molecule is Cc1ccc(-n2c(C)cn3c4c(=O)[nH]c(=O)n(C)c4nc23)c(C)c1. The molecule has 122 valence electrons. The Morgan fingerprint density at radius 1 is 1.12 bits per heavy atom. The van der Waals surface area contributed by atoms with Gasteiger partial charge in [-0.1, -0.05) is 17.7 Å². The highest BCUT2D eigenvalue weighted by atomic mass is 16.2. The van der Waals surface area contributed by atoms with Gasteiger partial charge >= 0.3 is 5.69 Å². The Hall–Kier alpha value is -3.09. The first kappa shape index (κ1) is 14.5. The second kappa shape index (κ2) is 4.70. The van der Waals surface area contributed by atoms with Crippen molar-refractivity contribution in [2.24, 2.45) is 7.05 Å². The van der Waals surface area contributed by atoms with Gasteiger partial charge in [0, 0.05) is 18.9 Å². The second-order valence-corrected chi connectivity index (χ2v) is 6.17. The summed E-state index contributed by atoms with van der Waals surface area (Å²) in [5, 5.41) is 0. The standard InChI is InChI=1S/C17H17N5O2/c1-9-5-6-12(10(2)7-9)22-11(3)8-21-13-14(18-16(21)22)20(4)17(24)19-15(13)23/h5-8H,1-4H3,(H,19,23,24). The van der Waals surface area contributed by atoms with Crippen molar-refractivity contribution in [2.45, 2.75) is 20.8 Å². The molecule has 0 aliphatic heterocycles. The van der Waals surface area contributed by atoms with Gasteiger partial charge < -0.3 is 0 Å². The van der Waals surface area contributed by atoms with Gasteiger partial charge in [0.1, 0.15) is 0 Å². The zero-order valence-corrected chi connectivity index (χ0v) is 13.9. The Bertz CT molecular complexity index is 1240. The van der Waals surface area contributed by atoms with E-state index in [2.05, 4.69) is 16.0 Å². The van der Waals surface area contributed by atoms with Crippen LogP contribution in [-0.2, 0) is 7.05 Å². The van der Waals surface area contributed by atoms with Crippen LogP contribution in [0.4, 0.5) is 0 Å². The molecule has 0 bridgehead atoms. The number of benzene rings is 1. The quantitative estimate of drug-likeness (QED) is 0.578. The van der Waals surface area contributed by atoms with Gasteiger partial charge in [-0.2, -0.15) is 4.98 Å². The Kier molecular flexibility index (Phi) is 2.84. The van der Waals surface area contributed by atoms with E-state index in [0.29, 0.717) is 16.9 Å².